The minimum absolute atomic E-state index is 0.189. The standard InChI is InChI=1S/C23H19F3O3S/c1-29-21-10-7-15(12-22(27)28)11-20(21)19-9-8-17(23(24,25)26)13-16(19)14-30-18-5-3-2-4-6-18/h2-11,13H,12,14H2,1H3,(H,27,28). The van der Waals surface area contributed by atoms with Crippen LogP contribution in [0.15, 0.2) is 71.6 Å². The molecule has 0 heterocycles. The van der Waals surface area contributed by atoms with Crippen LogP contribution in [-0.2, 0) is 23.1 Å². The Morgan fingerprint density at radius 2 is 1.73 bits per heavy atom. The van der Waals surface area contributed by atoms with Gasteiger partial charge >= 0.3 is 12.1 Å². The lowest BCUT2D eigenvalue weighted by Crippen LogP contribution is -2.06. The minimum Gasteiger partial charge on any atom is -0.496 e. The quantitative estimate of drug-likeness (QED) is 0.445. The Hall–Kier alpha value is -2.93. The third-order valence-corrected chi connectivity index (χ3v) is 5.54. The zero-order valence-electron chi connectivity index (χ0n) is 16.1. The van der Waals surface area contributed by atoms with Crippen LogP contribution in [-0.4, -0.2) is 18.2 Å². The molecular weight excluding hydrogens is 413 g/mol. The van der Waals surface area contributed by atoms with Gasteiger partial charge in [0.2, 0.25) is 0 Å². The molecule has 0 radical (unpaired) electrons. The number of hydrogen-bond donors (Lipinski definition) is 1. The monoisotopic (exact) mass is 432 g/mol. The average Bonchev–Trinajstić information content (AvgIpc) is 2.71. The molecule has 156 valence electrons. The van der Waals surface area contributed by atoms with E-state index in [9.17, 15) is 18.0 Å². The van der Waals surface area contributed by atoms with E-state index in [4.69, 9.17) is 9.84 Å². The number of methoxy groups -OCH3 is 1. The van der Waals surface area contributed by atoms with Crippen molar-refractivity contribution in [1.82, 2.24) is 0 Å². The van der Waals surface area contributed by atoms with Gasteiger partial charge in [0, 0.05) is 16.2 Å². The van der Waals surface area contributed by atoms with Crippen LogP contribution < -0.4 is 4.74 Å². The number of ether oxygens (including phenoxy) is 1. The van der Waals surface area contributed by atoms with Crippen molar-refractivity contribution in [3.8, 4) is 16.9 Å². The Balaban J connectivity index is 2.07. The van der Waals surface area contributed by atoms with Gasteiger partial charge in [-0.15, -0.1) is 11.8 Å². The third-order valence-electron chi connectivity index (χ3n) is 4.48. The lowest BCUT2D eigenvalue weighted by Gasteiger charge is -2.17. The van der Waals surface area contributed by atoms with Crippen molar-refractivity contribution in [2.24, 2.45) is 0 Å². The Bertz CT molecular complexity index is 1030. The van der Waals surface area contributed by atoms with E-state index in [0.29, 0.717) is 33.8 Å². The summed E-state index contributed by atoms with van der Waals surface area (Å²) in [6, 6.07) is 17.9. The van der Waals surface area contributed by atoms with E-state index in [1.54, 1.807) is 18.2 Å². The number of carboxylic acids is 1. The molecule has 0 bridgehead atoms. The molecule has 0 aliphatic heterocycles. The van der Waals surface area contributed by atoms with Gasteiger partial charge < -0.3 is 9.84 Å². The first-order valence-corrected chi connectivity index (χ1v) is 10.0. The van der Waals surface area contributed by atoms with E-state index >= 15 is 0 Å². The molecule has 3 aromatic carbocycles. The van der Waals surface area contributed by atoms with Crippen molar-refractivity contribution in [1.29, 1.82) is 0 Å². The summed E-state index contributed by atoms with van der Waals surface area (Å²) in [4.78, 5) is 12.0. The summed E-state index contributed by atoms with van der Waals surface area (Å²) in [5, 5.41) is 9.09. The van der Waals surface area contributed by atoms with Crippen LogP contribution in [0.1, 0.15) is 16.7 Å². The van der Waals surface area contributed by atoms with Gasteiger partial charge in [-0.05, 0) is 53.1 Å². The highest BCUT2D eigenvalue weighted by Gasteiger charge is 2.31. The average molecular weight is 432 g/mol. The Kier molecular flexibility index (Phi) is 6.72. The summed E-state index contributed by atoms with van der Waals surface area (Å²) in [7, 11) is 1.47. The molecule has 0 aliphatic rings. The maximum Gasteiger partial charge on any atom is 0.416 e. The topological polar surface area (TPSA) is 46.5 Å². The van der Waals surface area contributed by atoms with Gasteiger partial charge in [-0.2, -0.15) is 13.2 Å². The molecule has 3 aromatic rings. The number of carboxylic acid groups (broad SMARTS) is 1. The van der Waals surface area contributed by atoms with Crippen molar-refractivity contribution < 1.29 is 27.8 Å². The van der Waals surface area contributed by atoms with Crippen LogP contribution in [0.2, 0.25) is 0 Å². The summed E-state index contributed by atoms with van der Waals surface area (Å²) in [6.07, 6.45) is -4.65. The highest BCUT2D eigenvalue weighted by atomic mass is 32.2. The van der Waals surface area contributed by atoms with Crippen LogP contribution in [0.25, 0.3) is 11.1 Å². The highest BCUT2D eigenvalue weighted by molar-refractivity contribution is 7.98. The van der Waals surface area contributed by atoms with E-state index in [-0.39, 0.29) is 6.42 Å². The molecule has 30 heavy (non-hydrogen) atoms. The number of thioether (sulfide) groups is 1. The van der Waals surface area contributed by atoms with Gasteiger partial charge in [0.05, 0.1) is 19.1 Å². The fourth-order valence-corrected chi connectivity index (χ4v) is 3.99. The second-order valence-corrected chi connectivity index (χ2v) is 7.63. The molecule has 3 nitrogen and oxygen atoms in total. The lowest BCUT2D eigenvalue weighted by molar-refractivity contribution is -0.138. The molecule has 0 atom stereocenters. The first-order chi connectivity index (χ1) is 14.3. The van der Waals surface area contributed by atoms with E-state index in [1.807, 2.05) is 30.3 Å². The minimum atomic E-state index is -4.46. The fourth-order valence-electron chi connectivity index (χ4n) is 3.08. The molecule has 0 aliphatic carbocycles. The third kappa shape index (κ3) is 5.36. The molecule has 0 spiro atoms. The SMILES string of the molecule is COc1ccc(CC(=O)O)cc1-c1ccc(C(F)(F)F)cc1CSc1ccccc1. The first-order valence-electron chi connectivity index (χ1n) is 9.05. The molecule has 3 rings (SSSR count). The Morgan fingerprint density at radius 3 is 2.37 bits per heavy atom. The molecule has 0 aromatic heterocycles. The number of carbonyl (C=O) groups is 1. The molecule has 0 unspecified atom stereocenters. The van der Waals surface area contributed by atoms with Gasteiger partial charge in [-0.25, -0.2) is 0 Å². The molecule has 0 amide bonds. The normalized spacial score (nSPS) is 11.3. The van der Waals surface area contributed by atoms with Gasteiger partial charge in [0.15, 0.2) is 0 Å². The van der Waals surface area contributed by atoms with E-state index in [2.05, 4.69) is 0 Å². The number of rotatable bonds is 7. The predicted octanol–water partition coefficient (Wildman–Crippen LogP) is 6.30. The van der Waals surface area contributed by atoms with Crippen LogP contribution >= 0.6 is 11.8 Å². The maximum absolute atomic E-state index is 13.3. The zero-order valence-corrected chi connectivity index (χ0v) is 16.9. The summed E-state index contributed by atoms with van der Waals surface area (Å²) >= 11 is 1.43. The van der Waals surface area contributed by atoms with Crippen molar-refractivity contribution in [2.75, 3.05) is 7.11 Å². The molecule has 1 N–H and O–H groups in total. The first kappa shape index (κ1) is 21.8. The Morgan fingerprint density at radius 1 is 1.00 bits per heavy atom. The second kappa shape index (κ2) is 9.26. The molecule has 0 fully saturated rings. The lowest BCUT2D eigenvalue weighted by atomic mass is 9.95. The largest absolute Gasteiger partial charge is 0.496 e. The van der Waals surface area contributed by atoms with Crippen LogP contribution in [0.4, 0.5) is 13.2 Å². The number of hydrogen-bond acceptors (Lipinski definition) is 3. The van der Waals surface area contributed by atoms with Gasteiger partial charge in [0.1, 0.15) is 5.75 Å². The van der Waals surface area contributed by atoms with Crippen molar-refractivity contribution in [2.45, 2.75) is 23.2 Å². The van der Waals surface area contributed by atoms with E-state index in [0.717, 1.165) is 17.0 Å². The number of alkyl halides is 3. The number of benzene rings is 3. The summed E-state index contributed by atoms with van der Waals surface area (Å²) < 4.78 is 45.4. The maximum atomic E-state index is 13.3. The summed E-state index contributed by atoms with van der Waals surface area (Å²) in [5.41, 5.74) is 1.45. The van der Waals surface area contributed by atoms with Crippen molar-refractivity contribution >= 4 is 17.7 Å². The molecule has 0 saturated carbocycles. The molecule has 7 heteroatoms. The van der Waals surface area contributed by atoms with E-state index < -0.39 is 17.7 Å². The second-order valence-electron chi connectivity index (χ2n) is 6.58. The van der Waals surface area contributed by atoms with Crippen LogP contribution in [0, 0.1) is 0 Å². The Labute approximate surface area is 176 Å². The molecular formula is C23H19F3O3S. The van der Waals surface area contributed by atoms with Gasteiger partial charge in [-0.3, -0.25) is 4.79 Å². The molecule has 0 saturated heterocycles. The summed E-state index contributed by atoms with van der Waals surface area (Å²) in [6.45, 7) is 0. The number of aliphatic carboxylic acids is 1. The van der Waals surface area contributed by atoms with Crippen LogP contribution in [0.3, 0.4) is 0 Å². The zero-order chi connectivity index (χ0) is 21.7. The van der Waals surface area contributed by atoms with Crippen LogP contribution in [0.5, 0.6) is 5.75 Å². The van der Waals surface area contributed by atoms with E-state index in [1.165, 1.54) is 24.9 Å². The van der Waals surface area contributed by atoms with Crippen molar-refractivity contribution in [3.05, 3.63) is 83.4 Å². The summed E-state index contributed by atoms with van der Waals surface area (Å²) in [5.74, 6) is -0.205. The number of halogens is 3. The fraction of sp³-hybridized carbons (Fsp3) is 0.174. The smallest absolute Gasteiger partial charge is 0.416 e. The predicted molar refractivity (Wildman–Crippen MR) is 111 cm³/mol. The van der Waals surface area contributed by atoms with Crippen molar-refractivity contribution in [3.63, 3.8) is 0 Å². The highest BCUT2D eigenvalue weighted by Crippen LogP contribution is 2.39. The van der Waals surface area contributed by atoms with Gasteiger partial charge in [0.25, 0.3) is 0 Å². The van der Waals surface area contributed by atoms with Gasteiger partial charge in [-0.1, -0.05) is 30.3 Å².